The quantitative estimate of drug-likeness (QED) is 0.255. The summed E-state index contributed by atoms with van der Waals surface area (Å²) in [6, 6.07) is 0. The molecule has 0 rings (SSSR count). The molecule has 5 heteroatoms. The molecule has 0 aromatic carbocycles. The number of carboxylic acids is 1. The first-order valence-corrected chi connectivity index (χ1v) is 8.80. The van der Waals surface area contributed by atoms with Crippen molar-refractivity contribution in [1.82, 2.24) is 0 Å². The van der Waals surface area contributed by atoms with Gasteiger partial charge in [-0.2, -0.15) is 0 Å². The molecule has 0 fully saturated rings. The first-order valence-electron chi connectivity index (χ1n) is 8.80. The normalized spacial score (nSPS) is 11.0. The Bertz CT molecular complexity index is 325. The average Bonchev–Trinajstić information content (AvgIpc) is 2.52. The van der Waals surface area contributed by atoms with E-state index in [-0.39, 0.29) is 19.0 Å². The Morgan fingerprint density at radius 3 is 2.09 bits per heavy atom. The number of esters is 1. The second kappa shape index (κ2) is 17.0. The van der Waals surface area contributed by atoms with Crippen LogP contribution in [-0.4, -0.2) is 35.4 Å². The van der Waals surface area contributed by atoms with Gasteiger partial charge in [0.05, 0.1) is 6.61 Å². The summed E-state index contributed by atoms with van der Waals surface area (Å²) in [4.78, 5) is 21.7. The van der Waals surface area contributed by atoms with E-state index in [1.54, 1.807) is 0 Å². The largest absolute Gasteiger partial charge is 0.481 e. The Kier molecular flexibility index (Phi) is 16.0. The highest BCUT2D eigenvalue weighted by Crippen LogP contribution is 2.06. The summed E-state index contributed by atoms with van der Waals surface area (Å²) < 4.78 is 5.13. The van der Waals surface area contributed by atoms with Crippen molar-refractivity contribution in [2.75, 3.05) is 13.2 Å². The number of carbonyl (C=O) groups excluding carboxylic acids is 1. The third-order valence-electron chi connectivity index (χ3n) is 3.50. The lowest BCUT2D eigenvalue weighted by atomic mass is 10.1. The van der Waals surface area contributed by atoms with Crippen LogP contribution in [0.4, 0.5) is 0 Å². The molecule has 2 N–H and O–H groups in total. The van der Waals surface area contributed by atoms with Gasteiger partial charge in [-0.1, -0.05) is 31.4 Å². The Morgan fingerprint density at radius 1 is 0.783 bits per heavy atom. The molecule has 23 heavy (non-hydrogen) atoms. The molecule has 0 saturated heterocycles. The molecule has 0 spiro atoms. The number of carboxylic acid groups (broad SMARTS) is 1. The molecule has 0 aromatic heterocycles. The molecule has 0 radical (unpaired) electrons. The van der Waals surface area contributed by atoms with E-state index in [0.29, 0.717) is 25.9 Å². The van der Waals surface area contributed by atoms with Gasteiger partial charge in [-0.25, -0.2) is 0 Å². The van der Waals surface area contributed by atoms with Crippen molar-refractivity contribution in [3.8, 4) is 0 Å². The van der Waals surface area contributed by atoms with Crippen LogP contribution in [0.3, 0.4) is 0 Å². The molecule has 0 heterocycles. The van der Waals surface area contributed by atoms with E-state index in [4.69, 9.17) is 14.9 Å². The number of unbranched alkanes of at least 4 members (excludes halogenated alkanes) is 7. The Labute approximate surface area is 139 Å². The fourth-order valence-corrected chi connectivity index (χ4v) is 2.14. The van der Waals surface area contributed by atoms with E-state index >= 15 is 0 Å². The third kappa shape index (κ3) is 18.6. The number of hydrogen-bond donors (Lipinski definition) is 2. The van der Waals surface area contributed by atoms with Gasteiger partial charge in [-0.05, 0) is 44.9 Å². The molecule has 5 nitrogen and oxygen atoms in total. The van der Waals surface area contributed by atoms with Gasteiger partial charge in [0.1, 0.15) is 0 Å². The minimum Gasteiger partial charge on any atom is -0.481 e. The highest BCUT2D eigenvalue weighted by atomic mass is 16.5. The van der Waals surface area contributed by atoms with Crippen LogP contribution in [0.25, 0.3) is 0 Å². The van der Waals surface area contributed by atoms with E-state index in [1.807, 2.05) is 0 Å². The van der Waals surface area contributed by atoms with Crippen molar-refractivity contribution in [3.05, 3.63) is 12.2 Å². The van der Waals surface area contributed by atoms with Crippen LogP contribution in [0.2, 0.25) is 0 Å². The SMILES string of the molecule is O=C(O)CCCCCC(=O)OCCC/C=C\CCCCCCO. The summed E-state index contributed by atoms with van der Waals surface area (Å²) in [5, 5.41) is 17.1. The standard InChI is InChI=1S/C18H32O5/c19-15-11-6-4-2-1-3-5-7-12-16-23-18(22)14-10-8-9-13-17(20)21/h3,5,19H,1-2,4,6-16H2,(H,20,21)/b5-3-. The van der Waals surface area contributed by atoms with Crippen LogP contribution >= 0.6 is 0 Å². The fraction of sp³-hybridized carbons (Fsp3) is 0.778. The zero-order chi connectivity index (χ0) is 17.2. The molecule has 0 amide bonds. The van der Waals surface area contributed by atoms with Crippen molar-refractivity contribution >= 4 is 11.9 Å². The van der Waals surface area contributed by atoms with Gasteiger partial charge in [0.15, 0.2) is 0 Å². The van der Waals surface area contributed by atoms with Crippen molar-refractivity contribution in [2.24, 2.45) is 0 Å². The molecule has 0 unspecified atom stereocenters. The molecule has 0 atom stereocenters. The third-order valence-corrected chi connectivity index (χ3v) is 3.50. The van der Waals surface area contributed by atoms with Crippen LogP contribution in [0, 0.1) is 0 Å². The van der Waals surface area contributed by atoms with E-state index < -0.39 is 5.97 Å². The molecule has 0 saturated carbocycles. The number of hydrogen-bond acceptors (Lipinski definition) is 4. The summed E-state index contributed by atoms with van der Waals surface area (Å²) >= 11 is 0. The first-order chi connectivity index (χ1) is 11.2. The van der Waals surface area contributed by atoms with Crippen LogP contribution in [-0.2, 0) is 14.3 Å². The zero-order valence-corrected chi connectivity index (χ0v) is 14.2. The summed E-state index contributed by atoms with van der Waals surface area (Å²) in [7, 11) is 0. The lowest BCUT2D eigenvalue weighted by molar-refractivity contribution is -0.143. The highest BCUT2D eigenvalue weighted by Gasteiger charge is 2.03. The molecular formula is C18H32O5. The second-order valence-corrected chi connectivity index (χ2v) is 5.71. The number of allylic oxidation sites excluding steroid dienone is 2. The number of ether oxygens (including phenoxy) is 1. The maximum atomic E-state index is 11.4. The maximum absolute atomic E-state index is 11.4. The Morgan fingerprint density at radius 2 is 1.39 bits per heavy atom. The molecule has 0 aromatic rings. The summed E-state index contributed by atoms with van der Waals surface area (Å²) in [5.41, 5.74) is 0. The number of aliphatic hydroxyl groups excluding tert-OH is 1. The molecule has 0 bridgehead atoms. The molecule has 0 aliphatic carbocycles. The lowest BCUT2D eigenvalue weighted by Crippen LogP contribution is -2.05. The zero-order valence-electron chi connectivity index (χ0n) is 14.2. The second-order valence-electron chi connectivity index (χ2n) is 5.71. The van der Waals surface area contributed by atoms with Crippen molar-refractivity contribution < 1.29 is 24.5 Å². The van der Waals surface area contributed by atoms with Crippen molar-refractivity contribution in [1.29, 1.82) is 0 Å². The fourth-order valence-electron chi connectivity index (χ4n) is 2.14. The summed E-state index contributed by atoms with van der Waals surface area (Å²) in [6.07, 6.45) is 14.1. The van der Waals surface area contributed by atoms with E-state index in [1.165, 1.54) is 0 Å². The number of rotatable bonds is 16. The van der Waals surface area contributed by atoms with Crippen LogP contribution < -0.4 is 0 Å². The minimum absolute atomic E-state index is 0.169. The molecule has 0 aliphatic rings. The average molecular weight is 328 g/mol. The maximum Gasteiger partial charge on any atom is 0.305 e. The predicted molar refractivity (Wildman–Crippen MR) is 90.2 cm³/mol. The van der Waals surface area contributed by atoms with Crippen LogP contribution in [0.15, 0.2) is 12.2 Å². The van der Waals surface area contributed by atoms with Crippen LogP contribution in [0.5, 0.6) is 0 Å². The predicted octanol–water partition coefficient (Wildman–Crippen LogP) is 3.84. The highest BCUT2D eigenvalue weighted by molar-refractivity contribution is 5.69. The van der Waals surface area contributed by atoms with E-state index in [2.05, 4.69) is 12.2 Å². The Balaban J connectivity index is 3.27. The van der Waals surface area contributed by atoms with Gasteiger partial charge in [-0.3, -0.25) is 9.59 Å². The first kappa shape index (κ1) is 21.6. The van der Waals surface area contributed by atoms with Gasteiger partial charge in [0, 0.05) is 19.4 Å². The number of aliphatic carboxylic acids is 1. The molecule has 0 aliphatic heterocycles. The number of carbonyl (C=O) groups is 2. The van der Waals surface area contributed by atoms with Gasteiger partial charge in [0.25, 0.3) is 0 Å². The minimum atomic E-state index is -0.786. The summed E-state index contributed by atoms with van der Waals surface area (Å²) in [5.74, 6) is -0.973. The number of aliphatic hydroxyl groups is 1. The Hall–Kier alpha value is -1.36. The van der Waals surface area contributed by atoms with Gasteiger partial charge >= 0.3 is 11.9 Å². The smallest absolute Gasteiger partial charge is 0.305 e. The van der Waals surface area contributed by atoms with Crippen molar-refractivity contribution in [2.45, 2.75) is 77.0 Å². The van der Waals surface area contributed by atoms with Crippen molar-refractivity contribution in [3.63, 3.8) is 0 Å². The van der Waals surface area contributed by atoms with E-state index in [0.717, 1.165) is 51.4 Å². The monoisotopic (exact) mass is 328 g/mol. The van der Waals surface area contributed by atoms with Gasteiger partial charge in [-0.15, -0.1) is 0 Å². The van der Waals surface area contributed by atoms with Crippen LogP contribution in [0.1, 0.15) is 77.0 Å². The van der Waals surface area contributed by atoms with Gasteiger partial charge < -0.3 is 14.9 Å². The van der Waals surface area contributed by atoms with Gasteiger partial charge in [0.2, 0.25) is 0 Å². The molecule has 134 valence electrons. The lowest BCUT2D eigenvalue weighted by Gasteiger charge is -2.03. The topological polar surface area (TPSA) is 83.8 Å². The molecular weight excluding hydrogens is 296 g/mol. The summed E-state index contributed by atoms with van der Waals surface area (Å²) in [6.45, 7) is 0.742. The van der Waals surface area contributed by atoms with E-state index in [9.17, 15) is 9.59 Å².